The molecule has 1 aromatic heterocycles. The van der Waals surface area contributed by atoms with E-state index in [4.69, 9.17) is 0 Å². The van der Waals surface area contributed by atoms with Crippen LogP contribution in [0.15, 0.2) is 12.1 Å². The summed E-state index contributed by atoms with van der Waals surface area (Å²) in [6.45, 7) is 5.56. The van der Waals surface area contributed by atoms with Crippen molar-refractivity contribution in [3.05, 3.63) is 21.9 Å². The maximum Gasteiger partial charge on any atom is 0.251 e. The van der Waals surface area contributed by atoms with Crippen molar-refractivity contribution < 1.29 is 9.90 Å². The highest BCUT2D eigenvalue weighted by atomic mass is 32.1. The van der Waals surface area contributed by atoms with Crippen LogP contribution in [0.3, 0.4) is 0 Å². The molecule has 3 nitrogen and oxygen atoms in total. The minimum Gasteiger partial charge on any atom is -0.381 e. The predicted molar refractivity (Wildman–Crippen MR) is 61.8 cm³/mol. The maximum absolute atomic E-state index is 11.4. The summed E-state index contributed by atoms with van der Waals surface area (Å²) in [5, 5.41) is 12.1. The van der Waals surface area contributed by atoms with Crippen LogP contribution >= 0.6 is 11.3 Å². The highest BCUT2D eigenvalue weighted by Gasteiger charge is 2.23. The van der Waals surface area contributed by atoms with Crippen LogP contribution in [0.25, 0.3) is 0 Å². The molecule has 4 heteroatoms. The zero-order chi connectivity index (χ0) is 11.5. The minimum atomic E-state index is -1.30. The number of thiophene rings is 1. The zero-order valence-electron chi connectivity index (χ0n) is 9.33. The Labute approximate surface area is 94.1 Å². The molecule has 0 saturated carbocycles. The number of rotatable bonds is 4. The number of aliphatic hydroxyl groups is 1. The number of nitrogens with one attached hydrogen (secondary N) is 1. The molecule has 0 radical (unpaired) electrons. The van der Waals surface area contributed by atoms with Crippen LogP contribution in [0.4, 0.5) is 0 Å². The fraction of sp³-hybridized carbons (Fsp3) is 0.545. The minimum absolute atomic E-state index is 0.339. The van der Waals surface area contributed by atoms with Gasteiger partial charge in [0.05, 0.1) is 6.54 Å². The van der Waals surface area contributed by atoms with E-state index in [0.717, 1.165) is 11.3 Å². The molecule has 0 aliphatic heterocycles. The third-order valence-corrected chi connectivity index (χ3v) is 3.27. The fourth-order valence-corrected chi connectivity index (χ4v) is 1.99. The summed E-state index contributed by atoms with van der Waals surface area (Å²) in [5.41, 5.74) is -1.30. The summed E-state index contributed by atoms with van der Waals surface area (Å²) in [6, 6.07) is 4.07. The highest BCUT2D eigenvalue weighted by molar-refractivity contribution is 7.11. The summed E-state index contributed by atoms with van der Waals surface area (Å²) < 4.78 is 0. The molecule has 0 aliphatic carbocycles. The second-order valence-electron chi connectivity index (χ2n) is 3.96. The average molecular weight is 227 g/mol. The maximum atomic E-state index is 11.4. The number of hydrogen-bond donors (Lipinski definition) is 2. The molecule has 0 atom stereocenters. The predicted octanol–water partition coefficient (Wildman–Crippen LogP) is 1.70. The summed E-state index contributed by atoms with van der Waals surface area (Å²) in [4.78, 5) is 13.8. The Hall–Kier alpha value is -0.870. The van der Waals surface area contributed by atoms with Crippen LogP contribution in [-0.4, -0.2) is 16.6 Å². The van der Waals surface area contributed by atoms with Crippen molar-refractivity contribution in [2.24, 2.45) is 0 Å². The summed E-state index contributed by atoms with van der Waals surface area (Å²) in [6.07, 6.45) is 1.02. The van der Waals surface area contributed by atoms with E-state index >= 15 is 0 Å². The Morgan fingerprint density at radius 1 is 1.47 bits per heavy atom. The monoisotopic (exact) mass is 227 g/mol. The molecule has 0 spiro atoms. The number of amides is 1. The Morgan fingerprint density at radius 3 is 2.53 bits per heavy atom. The molecule has 1 heterocycles. The number of carbonyl (C=O) groups is 1. The van der Waals surface area contributed by atoms with Crippen LogP contribution in [0.2, 0.25) is 0 Å². The Bertz CT molecular complexity index is 339. The lowest BCUT2D eigenvalue weighted by Crippen LogP contribution is -2.41. The van der Waals surface area contributed by atoms with Gasteiger partial charge >= 0.3 is 0 Å². The molecule has 1 rings (SSSR count). The largest absolute Gasteiger partial charge is 0.381 e. The molecule has 2 N–H and O–H groups in total. The third kappa shape index (κ3) is 3.64. The van der Waals surface area contributed by atoms with E-state index in [1.165, 1.54) is 18.7 Å². The molecule has 0 fully saturated rings. The smallest absolute Gasteiger partial charge is 0.251 e. The molecule has 1 aromatic rings. The van der Waals surface area contributed by atoms with Crippen molar-refractivity contribution in [3.8, 4) is 0 Å². The lowest BCUT2D eigenvalue weighted by atomic mass is 10.1. The highest BCUT2D eigenvalue weighted by Crippen LogP contribution is 2.16. The first-order valence-corrected chi connectivity index (χ1v) is 5.83. The van der Waals surface area contributed by atoms with Gasteiger partial charge in [0.25, 0.3) is 5.91 Å². The Morgan fingerprint density at radius 2 is 2.07 bits per heavy atom. The van der Waals surface area contributed by atoms with Gasteiger partial charge in [-0.1, -0.05) is 6.92 Å². The van der Waals surface area contributed by atoms with Crippen LogP contribution in [0.5, 0.6) is 0 Å². The lowest BCUT2D eigenvalue weighted by Gasteiger charge is -2.15. The molecule has 0 aromatic carbocycles. The van der Waals surface area contributed by atoms with E-state index in [9.17, 15) is 9.90 Å². The van der Waals surface area contributed by atoms with Gasteiger partial charge in [0.15, 0.2) is 0 Å². The average Bonchev–Trinajstić information content (AvgIpc) is 2.60. The Balaban J connectivity index is 2.47. The molecule has 0 bridgehead atoms. The summed E-state index contributed by atoms with van der Waals surface area (Å²) >= 11 is 1.69. The number of carbonyl (C=O) groups excluding carboxylic acids is 1. The van der Waals surface area contributed by atoms with Crippen molar-refractivity contribution in [1.82, 2.24) is 5.32 Å². The van der Waals surface area contributed by atoms with Gasteiger partial charge in [0.1, 0.15) is 5.60 Å². The molecule has 84 valence electrons. The molecule has 0 saturated heterocycles. The summed E-state index contributed by atoms with van der Waals surface area (Å²) in [7, 11) is 0. The SMILES string of the molecule is CCc1ccc(CNC(=O)C(C)(C)O)s1. The van der Waals surface area contributed by atoms with Gasteiger partial charge in [-0.25, -0.2) is 0 Å². The van der Waals surface area contributed by atoms with Crippen LogP contribution in [0, 0.1) is 0 Å². The van der Waals surface area contributed by atoms with Crippen LogP contribution in [0.1, 0.15) is 30.5 Å². The molecule has 0 unspecified atom stereocenters. The molecular weight excluding hydrogens is 210 g/mol. The first kappa shape index (κ1) is 12.2. The van der Waals surface area contributed by atoms with Gasteiger partial charge in [-0.15, -0.1) is 11.3 Å². The van der Waals surface area contributed by atoms with E-state index < -0.39 is 5.60 Å². The lowest BCUT2D eigenvalue weighted by molar-refractivity contribution is -0.136. The van der Waals surface area contributed by atoms with Crippen molar-refractivity contribution >= 4 is 17.2 Å². The van der Waals surface area contributed by atoms with Gasteiger partial charge in [-0.2, -0.15) is 0 Å². The molecule has 15 heavy (non-hydrogen) atoms. The van der Waals surface area contributed by atoms with Crippen LogP contribution < -0.4 is 5.32 Å². The topological polar surface area (TPSA) is 49.3 Å². The van der Waals surface area contributed by atoms with E-state index in [1.807, 2.05) is 6.07 Å². The number of hydrogen-bond acceptors (Lipinski definition) is 3. The van der Waals surface area contributed by atoms with E-state index in [2.05, 4.69) is 18.3 Å². The number of aryl methyl sites for hydroxylation is 1. The van der Waals surface area contributed by atoms with Crippen molar-refractivity contribution in [1.29, 1.82) is 0 Å². The quantitative estimate of drug-likeness (QED) is 0.822. The van der Waals surface area contributed by atoms with Gasteiger partial charge in [0.2, 0.25) is 0 Å². The van der Waals surface area contributed by atoms with Gasteiger partial charge in [-0.3, -0.25) is 4.79 Å². The van der Waals surface area contributed by atoms with E-state index in [-0.39, 0.29) is 5.91 Å². The first-order valence-electron chi connectivity index (χ1n) is 5.01. The van der Waals surface area contributed by atoms with E-state index in [0.29, 0.717) is 6.54 Å². The zero-order valence-corrected chi connectivity index (χ0v) is 10.1. The fourth-order valence-electron chi connectivity index (χ4n) is 1.09. The van der Waals surface area contributed by atoms with Gasteiger partial charge < -0.3 is 10.4 Å². The van der Waals surface area contributed by atoms with Crippen molar-refractivity contribution in [2.45, 2.75) is 39.3 Å². The van der Waals surface area contributed by atoms with Gasteiger partial charge in [0, 0.05) is 9.75 Å². The van der Waals surface area contributed by atoms with Crippen LogP contribution in [-0.2, 0) is 17.8 Å². The molecule has 1 amide bonds. The second-order valence-corrected chi connectivity index (χ2v) is 5.22. The summed E-state index contributed by atoms with van der Waals surface area (Å²) in [5.74, 6) is -0.339. The standard InChI is InChI=1S/C11H17NO2S/c1-4-8-5-6-9(15-8)7-12-10(13)11(2,3)14/h5-6,14H,4,7H2,1-3H3,(H,12,13). The molecular formula is C11H17NO2S. The van der Waals surface area contributed by atoms with E-state index in [1.54, 1.807) is 11.3 Å². The first-order chi connectivity index (χ1) is 6.93. The second kappa shape index (κ2) is 4.77. The Kier molecular flexibility index (Phi) is 3.88. The third-order valence-electron chi connectivity index (χ3n) is 2.04. The van der Waals surface area contributed by atoms with Crippen molar-refractivity contribution in [3.63, 3.8) is 0 Å². The normalized spacial score (nSPS) is 11.5. The van der Waals surface area contributed by atoms with Crippen molar-refractivity contribution in [2.75, 3.05) is 0 Å². The molecule has 0 aliphatic rings. The van der Waals surface area contributed by atoms with Gasteiger partial charge in [-0.05, 0) is 32.4 Å².